The van der Waals surface area contributed by atoms with Crippen LogP contribution in [0.15, 0.2) is 18.2 Å². The topological polar surface area (TPSA) is 73.6 Å². The van der Waals surface area contributed by atoms with Crippen molar-refractivity contribution in [3.8, 4) is 0 Å². The van der Waals surface area contributed by atoms with E-state index in [1.54, 1.807) is 0 Å². The fourth-order valence-electron chi connectivity index (χ4n) is 1.65. The largest absolute Gasteiger partial charge is 0.389 e. The molecule has 1 atom stereocenters. The molecule has 1 aromatic rings. The van der Waals surface area contributed by atoms with Crippen molar-refractivity contribution >= 4 is 28.8 Å². The Balaban J connectivity index is 2.08. The second kappa shape index (κ2) is 6.05. The van der Waals surface area contributed by atoms with E-state index in [1.807, 2.05) is 0 Å². The first kappa shape index (κ1) is 13.9. The zero-order valence-corrected chi connectivity index (χ0v) is 10.8. The Bertz CT molecular complexity index is 504. The van der Waals surface area contributed by atoms with Crippen molar-refractivity contribution < 1.29 is 18.7 Å². The fourth-order valence-corrected chi connectivity index (χ4v) is 1.81. The van der Waals surface area contributed by atoms with Gasteiger partial charge in [0, 0.05) is 11.3 Å². The second-order valence-corrected chi connectivity index (χ2v) is 4.42. The number of carbonyl (C=O) groups excluding carboxylic acids is 1. The summed E-state index contributed by atoms with van der Waals surface area (Å²) in [5, 5.41) is 2.61. The lowest BCUT2D eigenvalue weighted by Gasteiger charge is -2.22. The predicted molar refractivity (Wildman–Crippen MR) is 71.5 cm³/mol. The number of nitrogens with one attached hydrogen (secondary N) is 1. The first-order chi connectivity index (χ1) is 9.08. The molecule has 1 amide bonds. The van der Waals surface area contributed by atoms with Gasteiger partial charge in [-0.25, -0.2) is 4.39 Å². The monoisotopic (exact) mass is 284 g/mol. The molecule has 0 aromatic heterocycles. The number of thiocarbonyl (C=S) groups is 1. The number of halogens is 1. The molecule has 1 aliphatic heterocycles. The molecule has 5 nitrogen and oxygen atoms in total. The zero-order valence-electron chi connectivity index (χ0n) is 10.0. The Morgan fingerprint density at radius 2 is 2.26 bits per heavy atom. The second-order valence-electron chi connectivity index (χ2n) is 3.98. The minimum atomic E-state index is -0.660. The van der Waals surface area contributed by atoms with Crippen LogP contribution in [0.5, 0.6) is 0 Å². The zero-order chi connectivity index (χ0) is 13.8. The van der Waals surface area contributed by atoms with Gasteiger partial charge in [0.05, 0.1) is 19.8 Å². The van der Waals surface area contributed by atoms with Crippen LogP contribution < -0.4 is 11.1 Å². The molecule has 1 aliphatic rings. The average molecular weight is 284 g/mol. The Morgan fingerprint density at radius 1 is 1.47 bits per heavy atom. The Morgan fingerprint density at radius 3 is 2.89 bits per heavy atom. The summed E-state index contributed by atoms with van der Waals surface area (Å²) in [5.74, 6) is -0.872. The maximum absolute atomic E-state index is 13.4. The van der Waals surface area contributed by atoms with Gasteiger partial charge in [0.15, 0.2) is 6.10 Å². The van der Waals surface area contributed by atoms with Crippen LogP contribution in [0, 0.1) is 5.82 Å². The summed E-state index contributed by atoms with van der Waals surface area (Å²) in [5.41, 5.74) is 5.89. The van der Waals surface area contributed by atoms with Crippen LogP contribution >= 0.6 is 12.2 Å². The third-order valence-corrected chi connectivity index (χ3v) is 2.83. The molecule has 0 bridgehead atoms. The van der Waals surface area contributed by atoms with Gasteiger partial charge in [-0.3, -0.25) is 4.79 Å². The Labute approximate surface area is 114 Å². The molecule has 1 heterocycles. The van der Waals surface area contributed by atoms with E-state index in [-0.39, 0.29) is 23.1 Å². The number of hydrogen-bond donors (Lipinski definition) is 2. The van der Waals surface area contributed by atoms with Gasteiger partial charge in [-0.1, -0.05) is 12.2 Å². The van der Waals surface area contributed by atoms with Crippen LogP contribution in [0.3, 0.4) is 0 Å². The van der Waals surface area contributed by atoms with Crippen molar-refractivity contribution in [1.82, 2.24) is 0 Å². The first-order valence-corrected chi connectivity index (χ1v) is 6.08. The van der Waals surface area contributed by atoms with Gasteiger partial charge in [0.1, 0.15) is 10.8 Å². The summed E-state index contributed by atoms with van der Waals surface area (Å²) in [6, 6.07) is 4.01. The van der Waals surface area contributed by atoms with E-state index in [0.717, 1.165) is 0 Å². The molecule has 0 saturated carbocycles. The maximum Gasteiger partial charge on any atom is 0.255 e. The van der Waals surface area contributed by atoms with Crippen LogP contribution in [-0.4, -0.2) is 36.8 Å². The third kappa shape index (κ3) is 3.46. The number of benzene rings is 1. The van der Waals surface area contributed by atoms with Crippen LogP contribution in [-0.2, 0) is 14.3 Å². The molecule has 0 spiro atoms. The maximum atomic E-state index is 13.4. The molecule has 0 aliphatic carbocycles. The van der Waals surface area contributed by atoms with Gasteiger partial charge in [-0.2, -0.15) is 0 Å². The van der Waals surface area contributed by atoms with E-state index in [0.29, 0.717) is 18.9 Å². The normalized spacial score (nSPS) is 18.9. The van der Waals surface area contributed by atoms with Crippen molar-refractivity contribution in [3.05, 3.63) is 29.6 Å². The average Bonchev–Trinajstić information content (AvgIpc) is 2.41. The van der Waals surface area contributed by atoms with Crippen molar-refractivity contribution in [1.29, 1.82) is 0 Å². The van der Waals surface area contributed by atoms with Crippen LogP contribution in [0.25, 0.3) is 0 Å². The summed E-state index contributed by atoms with van der Waals surface area (Å²) in [7, 11) is 0. The quantitative estimate of drug-likeness (QED) is 0.804. The van der Waals surface area contributed by atoms with Gasteiger partial charge in [-0.15, -0.1) is 0 Å². The van der Waals surface area contributed by atoms with Crippen molar-refractivity contribution in [2.75, 3.05) is 25.1 Å². The smallest absolute Gasteiger partial charge is 0.255 e. The van der Waals surface area contributed by atoms with Crippen molar-refractivity contribution in [2.24, 2.45) is 5.73 Å². The van der Waals surface area contributed by atoms with E-state index in [1.165, 1.54) is 18.2 Å². The Hall–Kier alpha value is -1.57. The number of carbonyl (C=O) groups is 1. The molecule has 1 fully saturated rings. The lowest BCUT2D eigenvalue weighted by Crippen LogP contribution is -2.39. The number of amides is 1. The van der Waals surface area contributed by atoms with Gasteiger partial charge in [0.25, 0.3) is 5.91 Å². The van der Waals surface area contributed by atoms with Gasteiger partial charge < -0.3 is 20.5 Å². The highest BCUT2D eigenvalue weighted by Gasteiger charge is 2.22. The molecule has 0 radical (unpaired) electrons. The number of hydrogen-bond acceptors (Lipinski definition) is 4. The van der Waals surface area contributed by atoms with Crippen LogP contribution in [0.2, 0.25) is 0 Å². The molecule has 2 rings (SSSR count). The lowest BCUT2D eigenvalue weighted by atomic mass is 10.2. The number of nitrogens with two attached hydrogens (primary N) is 1. The molecule has 7 heteroatoms. The number of anilines is 1. The van der Waals surface area contributed by atoms with Gasteiger partial charge in [-0.05, 0) is 18.2 Å². The van der Waals surface area contributed by atoms with E-state index >= 15 is 0 Å². The van der Waals surface area contributed by atoms with Crippen LogP contribution in [0.1, 0.15) is 5.56 Å². The number of rotatable bonds is 3. The summed E-state index contributed by atoms with van der Waals surface area (Å²) in [4.78, 5) is 11.8. The summed E-state index contributed by atoms with van der Waals surface area (Å²) in [6.45, 7) is 1.06. The summed E-state index contributed by atoms with van der Waals surface area (Å²) >= 11 is 4.73. The molecular weight excluding hydrogens is 271 g/mol. The molecule has 1 saturated heterocycles. The van der Waals surface area contributed by atoms with E-state index in [2.05, 4.69) is 5.32 Å². The minimum absolute atomic E-state index is 0.0640. The van der Waals surface area contributed by atoms with Crippen molar-refractivity contribution in [2.45, 2.75) is 6.10 Å². The van der Waals surface area contributed by atoms with Crippen LogP contribution in [0.4, 0.5) is 10.1 Å². The highest BCUT2D eigenvalue weighted by molar-refractivity contribution is 7.80. The standard InChI is InChI=1S/C12H13FN2O3S/c13-9-2-1-7(5-8(9)11(14)19)15-12(16)10-6-17-3-4-18-10/h1-2,5,10H,3-4,6H2,(H2,14,19)(H,15,16). The molecule has 19 heavy (non-hydrogen) atoms. The molecule has 3 N–H and O–H groups in total. The van der Waals surface area contributed by atoms with Gasteiger partial charge in [0.2, 0.25) is 0 Å². The molecule has 1 unspecified atom stereocenters. The fraction of sp³-hybridized carbons (Fsp3) is 0.333. The van der Waals surface area contributed by atoms with E-state index in [9.17, 15) is 9.18 Å². The first-order valence-electron chi connectivity index (χ1n) is 5.67. The lowest BCUT2D eigenvalue weighted by molar-refractivity contribution is -0.142. The number of ether oxygens (including phenoxy) is 2. The Kier molecular flexibility index (Phi) is 4.41. The molecule has 1 aromatic carbocycles. The van der Waals surface area contributed by atoms with E-state index in [4.69, 9.17) is 27.4 Å². The summed E-state index contributed by atoms with van der Waals surface area (Å²) in [6.07, 6.45) is -0.660. The third-order valence-electron chi connectivity index (χ3n) is 2.61. The SMILES string of the molecule is NC(=S)c1cc(NC(=O)C2COCCO2)ccc1F. The molecular formula is C12H13FN2O3S. The highest BCUT2D eigenvalue weighted by Crippen LogP contribution is 2.15. The minimum Gasteiger partial charge on any atom is -0.389 e. The van der Waals surface area contributed by atoms with Gasteiger partial charge >= 0.3 is 0 Å². The summed E-state index contributed by atoms with van der Waals surface area (Å²) < 4.78 is 23.8. The van der Waals surface area contributed by atoms with E-state index < -0.39 is 11.9 Å². The predicted octanol–water partition coefficient (Wildman–Crippen LogP) is 0.814. The van der Waals surface area contributed by atoms with Crippen molar-refractivity contribution in [3.63, 3.8) is 0 Å². The molecule has 102 valence electrons. The highest BCUT2D eigenvalue weighted by atomic mass is 32.1.